The third-order valence-electron chi connectivity index (χ3n) is 3.69. The molecule has 1 saturated heterocycles. The third-order valence-corrected chi connectivity index (χ3v) is 3.69. The predicted octanol–water partition coefficient (Wildman–Crippen LogP) is 2.86. The van der Waals surface area contributed by atoms with E-state index in [2.05, 4.69) is 35.9 Å². The molecule has 4 heteroatoms. The Morgan fingerprint density at radius 2 is 1.95 bits per heavy atom. The summed E-state index contributed by atoms with van der Waals surface area (Å²) >= 11 is 0. The van der Waals surface area contributed by atoms with Crippen molar-refractivity contribution >= 4 is 16.6 Å². The molecule has 1 aromatic carbocycles. The fraction of sp³-hybridized carbons (Fsp3) is 0.438. The van der Waals surface area contributed by atoms with E-state index in [0.29, 0.717) is 0 Å². The Balaban J connectivity index is 2.08. The highest BCUT2D eigenvalue weighted by molar-refractivity contribution is 5.95. The summed E-state index contributed by atoms with van der Waals surface area (Å²) in [6.45, 7) is 6.04. The molecule has 0 saturated carbocycles. The van der Waals surface area contributed by atoms with E-state index < -0.39 is 0 Å². The molecule has 0 spiro atoms. The fourth-order valence-electron chi connectivity index (χ4n) is 2.95. The van der Waals surface area contributed by atoms with Crippen LogP contribution in [0.25, 0.3) is 10.9 Å². The normalized spacial score (nSPS) is 23.1. The maximum atomic E-state index is 5.81. The molecule has 106 valence electrons. The summed E-state index contributed by atoms with van der Waals surface area (Å²) in [4.78, 5) is 6.84. The van der Waals surface area contributed by atoms with Gasteiger partial charge in [-0.3, -0.25) is 4.98 Å². The van der Waals surface area contributed by atoms with Gasteiger partial charge in [-0.25, -0.2) is 0 Å². The van der Waals surface area contributed by atoms with Crippen molar-refractivity contribution in [2.45, 2.75) is 26.1 Å². The molecule has 2 aromatic rings. The van der Waals surface area contributed by atoms with Gasteiger partial charge in [-0.2, -0.15) is 0 Å². The van der Waals surface area contributed by atoms with Crippen LogP contribution in [0.15, 0.2) is 30.5 Å². The van der Waals surface area contributed by atoms with Crippen LogP contribution in [0.5, 0.6) is 5.75 Å². The van der Waals surface area contributed by atoms with E-state index in [-0.39, 0.29) is 12.2 Å². The van der Waals surface area contributed by atoms with Crippen molar-refractivity contribution in [1.82, 2.24) is 4.98 Å². The Morgan fingerprint density at radius 1 is 1.20 bits per heavy atom. The second kappa shape index (κ2) is 5.29. The van der Waals surface area contributed by atoms with Gasteiger partial charge < -0.3 is 14.4 Å². The first-order valence-electron chi connectivity index (χ1n) is 7.01. The number of methoxy groups -OCH3 is 1. The average molecular weight is 272 g/mol. The summed E-state index contributed by atoms with van der Waals surface area (Å²) in [5, 5.41) is 1.13. The summed E-state index contributed by atoms with van der Waals surface area (Å²) in [5.74, 6) is 0.818. The Hall–Kier alpha value is -1.81. The minimum atomic E-state index is 0.243. The molecule has 0 amide bonds. The summed E-state index contributed by atoms with van der Waals surface area (Å²) in [6.07, 6.45) is 2.29. The van der Waals surface area contributed by atoms with Gasteiger partial charge >= 0.3 is 0 Å². The number of hydrogen-bond donors (Lipinski definition) is 0. The van der Waals surface area contributed by atoms with Gasteiger partial charge in [0.15, 0.2) is 0 Å². The van der Waals surface area contributed by atoms with Crippen LogP contribution in [0.2, 0.25) is 0 Å². The zero-order valence-corrected chi connectivity index (χ0v) is 12.2. The molecular weight excluding hydrogens is 252 g/mol. The minimum Gasteiger partial charge on any atom is -0.494 e. The Morgan fingerprint density at radius 3 is 2.65 bits per heavy atom. The third kappa shape index (κ3) is 2.31. The van der Waals surface area contributed by atoms with Gasteiger partial charge in [-0.1, -0.05) is 0 Å². The Labute approximate surface area is 119 Å². The molecule has 0 aliphatic carbocycles. The van der Waals surface area contributed by atoms with Crippen LogP contribution in [-0.2, 0) is 4.74 Å². The largest absolute Gasteiger partial charge is 0.494 e. The summed E-state index contributed by atoms with van der Waals surface area (Å²) in [5.41, 5.74) is 2.12. The average Bonchev–Trinajstić information content (AvgIpc) is 2.45. The molecule has 0 bridgehead atoms. The summed E-state index contributed by atoms with van der Waals surface area (Å²) in [7, 11) is 1.68. The molecule has 1 aromatic heterocycles. The lowest BCUT2D eigenvalue weighted by Gasteiger charge is -2.37. The second-order valence-corrected chi connectivity index (χ2v) is 5.35. The van der Waals surface area contributed by atoms with Crippen molar-refractivity contribution in [3.63, 3.8) is 0 Å². The first kappa shape index (κ1) is 13.2. The molecule has 1 aliphatic heterocycles. The Bertz CT molecular complexity index is 604. The van der Waals surface area contributed by atoms with Gasteiger partial charge in [-0.15, -0.1) is 0 Å². The van der Waals surface area contributed by atoms with Crippen molar-refractivity contribution in [2.24, 2.45) is 0 Å². The molecule has 2 heterocycles. The maximum Gasteiger partial charge on any atom is 0.145 e. The van der Waals surface area contributed by atoms with E-state index in [1.807, 2.05) is 12.1 Å². The SMILES string of the molecule is COc1ccc(N2C[C@@H](C)O[C@@H](C)C2)c2cccnc12. The molecule has 1 aliphatic rings. The van der Waals surface area contributed by atoms with E-state index in [0.717, 1.165) is 29.7 Å². The monoisotopic (exact) mass is 272 g/mol. The molecule has 0 radical (unpaired) electrons. The van der Waals surface area contributed by atoms with E-state index in [9.17, 15) is 0 Å². The molecule has 0 unspecified atom stereocenters. The number of nitrogens with zero attached hydrogens (tertiary/aromatic N) is 2. The molecular formula is C16H20N2O2. The summed E-state index contributed by atoms with van der Waals surface area (Å²) < 4.78 is 11.2. The van der Waals surface area contributed by atoms with E-state index in [1.165, 1.54) is 5.69 Å². The van der Waals surface area contributed by atoms with Gasteiger partial charge in [0.2, 0.25) is 0 Å². The van der Waals surface area contributed by atoms with Crippen LogP contribution in [0, 0.1) is 0 Å². The van der Waals surface area contributed by atoms with Crippen LogP contribution in [0.1, 0.15) is 13.8 Å². The second-order valence-electron chi connectivity index (χ2n) is 5.35. The lowest BCUT2D eigenvalue weighted by molar-refractivity contribution is -0.00513. The number of benzene rings is 1. The van der Waals surface area contributed by atoms with Crippen molar-refractivity contribution in [1.29, 1.82) is 0 Å². The first-order chi connectivity index (χ1) is 9.69. The maximum absolute atomic E-state index is 5.81. The smallest absolute Gasteiger partial charge is 0.145 e. The standard InChI is InChI=1S/C16H20N2O2/c1-11-9-18(10-12(2)20-11)14-6-7-15(19-3)16-13(14)5-4-8-17-16/h4-8,11-12H,9-10H2,1-3H3/t11-,12+. The minimum absolute atomic E-state index is 0.243. The molecule has 1 fully saturated rings. The van der Waals surface area contributed by atoms with Gasteiger partial charge in [-0.05, 0) is 38.1 Å². The van der Waals surface area contributed by atoms with Crippen molar-refractivity contribution < 1.29 is 9.47 Å². The molecule has 3 rings (SSSR count). The Kier molecular flexibility index (Phi) is 3.49. The highest BCUT2D eigenvalue weighted by Crippen LogP contribution is 2.33. The van der Waals surface area contributed by atoms with Gasteiger partial charge in [0.1, 0.15) is 11.3 Å². The number of rotatable bonds is 2. The van der Waals surface area contributed by atoms with Crippen LogP contribution < -0.4 is 9.64 Å². The summed E-state index contributed by atoms with van der Waals surface area (Å²) in [6, 6.07) is 8.19. The van der Waals surface area contributed by atoms with Crippen molar-refractivity contribution in [3.8, 4) is 5.75 Å². The van der Waals surface area contributed by atoms with E-state index >= 15 is 0 Å². The topological polar surface area (TPSA) is 34.6 Å². The van der Waals surface area contributed by atoms with Crippen LogP contribution in [0.3, 0.4) is 0 Å². The number of anilines is 1. The first-order valence-corrected chi connectivity index (χ1v) is 7.01. The molecule has 4 nitrogen and oxygen atoms in total. The zero-order valence-electron chi connectivity index (χ0n) is 12.2. The van der Waals surface area contributed by atoms with Gasteiger partial charge in [0, 0.05) is 30.4 Å². The predicted molar refractivity (Wildman–Crippen MR) is 80.5 cm³/mol. The van der Waals surface area contributed by atoms with Gasteiger partial charge in [0.05, 0.1) is 19.3 Å². The molecule has 2 atom stereocenters. The molecule has 20 heavy (non-hydrogen) atoms. The molecule has 0 N–H and O–H groups in total. The number of pyridine rings is 1. The van der Waals surface area contributed by atoms with Crippen LogP contribution in [-0.4, -0.2) is 37.4 Å². The highest BCUT2D eigenvalue weighted by atomic mass is 16.5. The van der Waals surface area contributed by atoms with Crippen molar-refractivity contribution in [3.05, 3.63) is 30.5 Å². The number of ether oxygens (including phenoxy) is 2. The van der Waals surface area contributed by atoms with E-state index in [1.54, 1.807) is 13.3 Å². The quantitative estimate of drug-likeness (QED) is 0.842. The van der Waals surface area contributed by atoms with Crippen molar-refractivity contribution in [2.75, 3.05) is 25.1 Å². The number of aromatic nitrogens is 1. The van der Waals surface area contributed by atoms with Crippen LogP contribution >= 0.6 is 0 Å². The lowest BCUT2D eigenvalue weighted by atomic mass is 10.1. The fourth-order valence-corrected chi connectivity index (χ4v) is 2.95. The highest BCUT2D eigenvalue weighted by Gasteiger charge is 2.24. The van der Waals surface area contributed by atoms with Crippen LogP contribution in [0.4, 0.5) is 5.69 Å². The number of fused-ring (bicyclic) bond motifs is 1. The lowest BCUT2D eigenvalue weighted by Crippen LogP contribution is -2.45. The van der Waals surface area contributed by atoms with Gasteiger partial charge in [0.25, 0.3) is 0 Å². The van der Waals surface area contributed by atoms with E-state index in [4.69, 9.17) is 9.47 Å². The zero-order chi connectivity index (χ0) is 14.1. The number of hydrogen-bond acceptors (Lipinski definition) is 4. The number of morpholine rings is 1.